The Bertz CT molecular complexity index is 661. The molecule has 0 aromatic heterocycles. The number of nitrogens with zero attached hydrogens (tertiary/aromatic N) is 2. The van der Waals surface area contributed by atoms with Crippen LogP contribution in [0.1, 0.15) is 12.0 Å². The third kappa shape index (κ3) is 8.62. The second kappa shape index (κ2) is 11.7. The van der Waals surface area contributed by atoms with E-state index >= 15 is 0 Å². The van der Waals surface area contributed by atoms with Gasteiger partial charge in [-0.3, -0.25) is 9.89 Å². The monoisotopic (exact) mass is 497 g/mol. The third-order valence-electron chi connectivity index (χ3n) is 3.99. The molecular weight excluding hydrogens is 469 g/mol. The minimum Gasteiger partial charge on any atom is -0.379 e. The lowest BCUT2D eigenvalue weighted by Crippen LogP contribution is -2.37. The summed E-state index contributed by atoms with van der Waals surface area (Å²) in [5, 5.41) is 8.14. The van der Waals surface area contributed by atoms with Gasteiger partial charge in [0.15, 0.2) is 5.96 Å². The number of morpholine rings is 1. The Balaban J connectivity index is 0.00000338. The number of nitrogens with two attached hydrogens (primary N) is 2. The van der Waals surface area contributed by atoms with Crippen molar-refractivity contribution >= 4 is 40.0 Å². The molecule has 0 saturated carbocycles. The highest BCUT2D eigenvalue weighted by atomic mass is 127. The van der Waals surface area contributed by atoms with E-state index in [1.807, 2.05) is 0 Å². The first-order valence-corrected chi connectivity index (χ1v) is 9.95. The van der Waals surface area contributed by atoms with Gasteiger partial charge >= 0.3 is 0 Å². The van der Waals surface area contributed by atoms with Gasteiger partial charge in [0.05, 0.1) is 18.1 Å². The zero-order valence-corrected chi connectivity index (χ0v) is 17.9. The van der Waals surface area contributed by atoms with Gasteiger partial charge in [-0.1, -0.05) is 12.1 Å². The molecule has 1 saturated heterocycles. The van der Waals surface area contributed by atoms with Gasteiger partial charge in [-0.25, -0.2) is 13.6 Å². The van der Waals surface area contributed by atoms with E-state index < -0.39 is 10.0 Å². The Labute approximate surface area is 172 Å². The number of primary sulfonamides is 1. The summed E-state index contributed by atoms with van der Waals surface area (Å²) in [5.41, 5.74) is 6.85. The number of halogens is 1. The Kier molecular flexibility index (Phi) is 10.4. The van der Waals surface area contributed by atoms with E-state index in [1.54, 1.807) is 12.1 Å². The summed E-state index contributed by atoms with van der Waals surface area (Å²) in [4.78, 5) is 6.80. The first-order chi connectivity index (χ1) is 11.9. The molecule has 0 amide bonds. The summed E-state index contributed by atoms with van der Waals surface area (Å²) < 4.78 is 27.7. The molecule has 10 heteroatoms. The lowest BCUT2D eigenvalue weighted by Gasteiger charge is -2.26. The highest BCUT2D eigenvalue weighted by Crippen LogP contribution is 2.08. The molecule has 26 heavy (non-hydrogen) atoms. The van der Waals surface area contributed by atoms with Crippen molar-refractivity contribution in [3.63, 3.8) is 0 Å². The molecule has 1 heterocycles. The minimum absolute atomic E-state index is 0. The summed E-state index contributed by atoms with van der Waals surface area (Å²) in [6, 6.07) is 6.51. The Morgan fingerprint density at radius 1 is 1.23 bits per heavy atom. The summed E-state index contributed by atoms with van der Waals surface area (Å²) >= 11 is 0. The largest absolute Gasteiger partial charge is 0.379 e. The van der Waals surface area contributed by atoms with Crippen molar-refractivity contribution in [3.8, 4) is 0 Å². The van der Waals surface area contributed by atoms with Crippen molar-refractivity contribution in [2.75, 3.05) is 45.9 Å². The highest BCUT2D eigenvalue weighted by Gasteiger charge is 2.09. The first-order valence-electron chi connectivity index (χ1n) is 8.41. The molecule has 1 aromatic carbocycles. The van der Waals surface area contributed by atoms with Crippen LogP contribution in [0.4, 0.5) is 0 Å². The number of sulfonamides is 1. The molecule has 1 aliphatic heterocycles. The Morgan fingerprint density at radius 2 is 1.88 bits per heavy atom. The molecule has 0 spiro atoms. The average molecular weight is 497 g/mol. The second-order valence-corrected chi connectivity index (χ2v) is 7.50. The molecule has 1 fully saturated rings. The van der Waals surface area contributed by atoms with Crippen LogP contribution in [-0.4, -0.2) is 65.2 Å². The van der Waals surface area contributed by atoms with Crippen LogP contribution in [0, 0.1) is 0 Å². The number of hydrogen-bond donors (Lipinski definition) is 3. The van der Waals surface area contributed by atoms with Crippen molar-refractivity contribution in [2.45, 2.75) is 17.7 Å². The fourth-order valence-corrected chi connectivity index (χ4v) is 3.07. The number of nitrogens with one attached hydrogen (secondary N) is 1. The fraction of sp³-hybridized carbons (Fsp3) is 0.562. The zero-order valence-electron chi connectivity index (χ0n) is 14.8. The maximum atomic E-state index is 11.2. The molecular formula is C16H28IN5O3S. The van der Waals surface area contributed by atoms with E-state index in [-0.39, 0.29) is 28.9 Å². The predicted octanol–water partition coefficient (Wildman–Crippen LogP) is 0.121. The van der Waals surface area contributed by atoms with Gasteiger partial charge in [0.25, 0.3) is 0 Å². The van der Waals surface area contributed by atoms with Crippen molar-refractivity contribution in [1.82, 2.24) is 10.2 Å². The zero-order chi connectivity index (χ0) is 18.1. The molecule has 0 atom stereocenters. The quantitative estimate of drug-likeness (QED) is 0.203. The Morgan fingerprint density at radius 3 is 2.50 bits per heavy atom. The molecule has 0 bridgehead atoms. The van der Waals surface area contributed by atoms with Crippen LogP contribution in [0.2, 0.25) is 0 Å². The van der Waals surface area contributed by atoms with E-state index in [4.69, 9.17) is 15.6 Å². The van der Waals surface area contributed by atoms with Crippen LogP contribution in [0.15, 0.2) is 34.2 Å². The number of ether oxygens (including phenoxy) is 1. The summed E-state index contributed by atoms with van der Waals surface area (Å²) in [6.07, 6.45) is 1.69. The van der Waals surface area contributed by atoms with E-state index in [9.17, 15) is 8.42 Å². The Hall–Kier alpha value is -0.950. The number of benzene rings is 1. The number of rotatable bonds is 8. The third-order valence-corrected chi connectivity index (χ3v) is 4.92. The maximum Gasteiger partial charge on any atom is 0.238 e. The highest BCUT2D eigenvalue weighted by molar-refractivity contribution is 14.0. The lowest BCUT2D eigenvalue weighted by atomic mass is 10.1. The molecule has 5 N–H and O–H groups in total. The van der Waals surface area contributed by atoms with Crippen LogP contribution < -0.4 is 16.2 Å². The van der Waals surface area contributed by atoms with E-state index in [0.717, 1.165) is 51.3 Å². The van der Waals surface area contributed by atoms with Gasteiger partial charge in [-0.2, -0.15) is 0 Å². The minimum atomic E-state index is -3.64. The van der Waals surface area contributed by atoms with Crippen LogP contribution >= 0.6 is 24.0 Å². The van der Waals surface area contributed by atoms with Gasteiger partial charge in [0, 0.05) is 32.7 Å². The molecule has 148 valence electrons. The fourth-order valence-electron chi connectivity index (χ4n) is 2.56. The van der Waals surface area contributed by atoms with E-state index in [0.29, 0.717) is 19.0 Å². The second-order valence-electron chi connectivity index (χ2n) is 5.94. The molecule has 8 nitrogen and oxygen atoms in total. The molecule has 1 aliphatic rings. The maximum absolute atomic E-state index is 11.2. The van der Waals surface area contributed by atoms with Gasteiger partial charge < -0.3 is 15.8 Å². The molecule has 1 aromatic rings. The number of aliphatic imine (C=N–C) groups is 1. The van der Waals surface area contributed by atoms with E-state index in [2.05, 4.69) is 15.2 Å². The van der Waals surface area contributed by atoms with Gasteiger partial charge in [0.1, 0.15) is 0 Å². The van der Waals surface area contributed by atoms with Crippen molar-refractivity contribution in [1.29, 1.82) is 0 Å². The topological polar surface area (TPSA) is 123 Å². The van der Waals surface area contributed by atoms with Crippen molar-refractivity contribution in [2.24, 2.45) is 15.9 Å². The van der Waals surface area contributed by atoms with Crippen LogP contribution in [-0.2, 0) is 21.2 Å². The van der Waals surface area contributed by atoms with Gasteiger partial charge in [-0.15, -0.1) is 24.0 Å². The first kappa shape index (κ1) is 23.1. The van der Waals surface area contributed by atoms with Crippen LogP contribution in [0.5, 0.6) is 0 Å². The molecule has 2 rings (SSSR count). The van der Waals surface area contributed by atoms with E-state index in [1.165, 1.54) is 12.1 Å². The van der Waals surface area contributed by atoms with Gasteiger partial charge in [-0.05, 0) is 30.5 Å². The van der Waals surface area contributed by atoms with Crippen LogP contribution in [0.3, 0.4) is 0 Å². The number of hydrogen-bond acceptors (Lipinski definition) is 5. The predicted molar refractivity (Wildman–Crippen MR) is 113 cm³/mol. The van der Waals surface area contributed by atoms with Gasteiger partial charge in [0.2, 0.25) is 10.0 Å². The summed E-state index contributed by atoms with van der Waals surface area (Å²) in [5.74, 6) is 0.433. The molecule has 0 aliphatic carbocycles. The smallest absolute Gasteiger partial charge is 0.238 e. The average Bonchev–Trinajstić information content (AvgIpc) is 2.59. The molecule has 0 unspecified atom stereocenters. The van der Waals surface area contributed by atoms with Crippen molar-refractivity contribution in [3.05, 3.63) is 29.8 Å². The number of guanidine groups is 1. The SMILES string of the molecule is I.NC(=NCCCN1CCOCC1)NCCc1ccc(S(N)(=O)=O)cc1. The van der Waals surface area contributed by atoms with Crippen LogP contribution in [0.25, 0.3) is 0 Å². The normalized spacial score (nSPS) is 16.1. The van der Waals surface area contributed by atoms with Crippen molar-refractivity contribution < 1.29 is 13.2 Å². The summed E-state index contributed by atoms with van der Waals surface area (Å²) in [7, 11) is -3.64. The lowest BCUT2D eigenvalue weighted by molar-refractivity contribution is 0.0377. The summed E-state index contributed by atoms with van der Waals surface area (Å²) in [6.45, 7) is 5.93. The molecule has 0 radical (unpaired) electrons. The standard InChI is InChI=1S/C16H27N5O3S.HI/c17-16(19-7-1-9-21-10-12-24-13-11-21)20-8-6-14-2-4-15(5-3-14)25(18,22)23;/h2-5H,1,6-13H2,(H3,17,19,20)(H2,18,22,23);1H.